The van der Waals surface area contributed by atoms with Gasteiger partial charge in [0.1, 0.15) is 5.70 Å². The van der Waals surface area contributed by atoms with Crippen LogP contribution in [0.15, 0.2) is 89.6 Å². The van der Waals surface area contributed by atoms with Crippen molar-refractivity contribution in [3.63, 3.8) is 0 Å². The fourth-order valence-electron chi connectivity index (χ4n) is 2.83. The number of aliphatic carboxylic acids is 1. The smallest absolute Gasteiger partial charge is 0.352 e. The molecule has 2 amide bonds. The molecular formula is C24H21N5O4. The first-order valence-corrected chi connectivity index (χ1v) is 9.74. The lowest BCUT2D eigenvalue weighted by atomic mass is 10.1. The Morgan fingerprint density at radius 1 is 0.818 bits per heavy atom. The summed E-state index contributed by atoms with van der Waals surface area (Å²) in [6.07, 6.45) is 1.33. The molecule has 0 aromatic heterocycles. The summed E-state index contributed by atoms with van der Waals surface area (Å²) < 4.78 is 0. The second-order valence-electron chi connectivity index (χ2n) is 6.85. The Balaban J connectivity index is 1.71. The maximum Gasteiger partial charge on any atom is 0.352 e. The van der Waals surface area contributed by atoms with Crippen molar-refractivity contribution >= 4 is 41.2 Å². The summed E-state index contributed by atoms with van der Waals surface area (Å²) in [5.74, 6) is -2.29. The number of nitrogens with one attached hydrogen (secondary N) is 2. The number of hydrogen-bond donors (Lipinski definition) is 5. The van der Waals surface area contributed by atoms with E-state index in [0.29, 0.717) is 28.1 Å². The Kier molecular flexibility index (Phi) is 7.17. The van der Waals surface area contributed by atoms with Crippen LogP contribution >= 0.6 is 0 Å². The summed E-state index contributed by atoms with van der Waals surface area (Å²) in [5, 5.41) is 14.6. The van der Waals surface area contributed by atoms with Gasteiger partial charge >= 0.3 is 5.97 Å². The molecule has 33 heavy (non-hydrogen) atoms. The number of guanidine groups is 1. The highest BCUT2D eigenvalue weighted by molar-refractivity contribution is 6.05. The highest BCUT2D eigenvalue weighted by atomic mass is 16.4. The largest absolute Gasteiger partial charge is 0.477 e. The van der Waals surface area contributed by atoms with Crippen LogP contribution in [0.25, 0.3) is 6.08 Å². The molecule has 166 valence electrons. The minimum Gasteiger partial charge on any atom is -0.477 e. The van der Waals surface area contributed by atoms with Gasteiger partial charge in [0.2, 0.25) is 0 Å². The van der Waals surface area contributed by atoms with E-state index in [-0.39, 0.29) is 17.6 Å². The number of nitrogens with two attached hydrogens (primary N) is 2. The van der Waals surface area contributed by atoms with Gasteiger partial charge in [0.15, 0.2) is 5.96 Å². The highest BCUT2D eigenvalue weighted by Crippen LogP contribution is 2.17. The van der Waals surface area contributed by atoms with Crippen LogP contribution in [0.4, 0.5) is 11.4 Å². The summed E-state index contributed by atoms with van der Waals surface area (Å²) in [4.78, 5) is 40.2. The average molecular weight is 443 g/mol. The minimum absolute atomic E-state index is 0.114. The zero-order valence-corrected chi connectivity index (χ0v) is 17.4. The Morgan fingerprint density at radius 3 is 2.12 bits per heavy atom. The normalized spacial score (nSPS) is 10.7. The standard InChI is InChI=1S/C24H21N5O4/c25-24(26)28-19-8-4-7-17(14-19)22(31)27-18-11-9-15(10-12-18)13-20(23(32)33)29-21(30)16-5-2-1-3-6-16/h1-14H,(H,27,31)(H,29,30)(H,32,33)(H4,25,26,28). The summed E-state index contributed by atoms with van der Waals surface area (Å²) in [7, 11) is 0. The number of amides is 2. The third-order valence-electron chi connectivity index (χ3n) is 4.36. The van der Waals surface area contributed by atoms with Gasteiger partial charge in [-0.25, -0.2) is 9.79 Å². The van der Waals surface area contributed by atoms with E-state index < -0.39 is 11.9 Å². The van der Waals surface area contributed by atoms with Gasteiger partial charge in [0.25, 0.3) is 11.8 Å². The molecule has 0 unspecified atom stereocenters. The molecule has 0 heterocycles. The Bertz CT molecular complexity index is 1230. The van der Waals surface area contributed by atoms with Gasteiger partial charge < -0.3 is 27.2 Å². The van der Waals surface area contributed by atoms with Crippen LogP contribution in [0, 0.1) is 0 Å². The van der Waals surface area contributed by atoms with Crippen molar-refractivity contribution in [3.8, 4) is 0 Å². The lowest BCUT2D eigenvalue weighted by Crippen LogP contribution is -2.27. The van der Waals surface area contributed by atoms with E-state index >= 15 is 0 Å². The van der Waals surface area contributed by atoms with Crippen molar-refractivity contribution in [2.45, 2.75) is 0 Å². The zero-order chi connectivity index (χ0) is 23.8. The van der Waals surface area contributed by atoms with Crippen molar-refractivity contribution in [1.82, 2.24) is 5.32 Å². The minimum atomic E-state index is -1.28. The van der Waals surface area contributed by atoms with E-state index in [9.17, 15) is 19.5 Å². The number of nitrogens with zero attached hydrogens (tertiary/aromatic N) is 1. The van der Waals surface area contributed by atoms with E-state index in [4.69, 9.17) is 11.5 Å². The molecule has 7 N–H and O–H groups in total. The van der Waals surface area contributed by atoms with Crippen molar-refractivity contribution in [2.24, 2.45) is 16.5 Å². The number of benzene rings is 3. The molecule has 0 aliphatic heterocycles. The van der Waals surface area contributed by atoms with Crippen molar-refractivity contribution in [1.29, 1.82) is 0 Å². The van der Waals surface area contributed by atoms with Crippen LogP contribution in [0.3, 0.4) is 0 Å². The van der Waals surface area contributed by atoms with Crippen LogP contribution in [0.5, 0.6) is 0 Å². The molecular weight excluding hydrogens is 422 g/mol. The molecule has 0 aliphatic rings. The number of carboxylic acids is 1. The third kappa shape index (κ3) is 6.53. The summed E-state index contributed by atoms with van der Waals surface area (Å²) >= 11 is 0. The SMILES string of the molecule is NC(N)=Nc1cccc(C(=O)Nc2ccc(C=C(NC(=O)c3ccccc3)C(=O)O)cc2)c1. The van der Waals surface area contributed by atoms with E-state index in [1.807, 2.05) is 0 Å². The Hall–Kier alpha value is -4.92. The first kappa shape index (κ1) is 22.8. The van der Waals surface area contributed by atoms with E-state index in [1.54, 1.807) is 78.9 Å². The van der Waals surface area contributed by atoms with Gasteiger partial charge in [-0.2, -0.15) is 0 Å². The molecule has 9 nitrogen and oxygen atoms in total. The van der Waals surface area contributed by atoms with Crippen LogP contribution in [-0.4, -0.2) is 28.8 Å². The molecule has 0 atom stereocenters. The van der Waals surface area contributed by atoms with Gasteiger partial charge in [-0.3, -0.25) is 9.59 Å². The molecule has 0 saturated heterocycles. The molecule has 3 aromatic carbocycles. The lowest BCUT2D eigenvalue weighted by Gasteiger charge is -2.08. The van der Waals surface area contributed by atoms with Crippen LogP contribution < -0.4 is 22.1 Å². The molecule has 0 aliphatic carbocycles. The number of carboxylic acid groups (broad SMARTS) is 1. The molecule has 3 rings (SSSR count). The van der Waals surface area contributed by atoms with Gasteiger partial charge in [-0.05, 0) is 54.1 Å². The van der Waals surface area contributed by atoms with E-state index in [1.165, 1.54) is 6.08 Å². The number of hydrogen-bond acceptors (Lipinski definition) is 4. The van der Waals surface area contributed by atoms with E-state index in [0.717, 1.165) is 0 Å². The van der Waals surface area contributed by atoms with Gasteiger partial charge in [-0.1, -0.05) is 36.4 Å². The summed E-state index contributed by atoms with van der Waals surface area (Å²) in [6, 6.07) is 21.2. The topological polar surface area (TPSA) is 160 Å². The predicted molar refractivity (Wildman–Crippen MR) is 126 cm³/mol. The second kappa shape index (κ2) is 10.4. The molecule has 0 fully saturated rings. The summed E-state index contributed by atoms with van der Waals surface area (Å²) in [6.45, 7) is 0. The average Bonchev–Trinajstić information content (AvgIpc) is 2.80. The lowest BCUT2D eigenvalue weighted by molar-refractivity contribution is -0.132. The monoisotopic (exact) mass is 443 g/mol. The second-order valence-corrected chi connectivity index (χ2v) is 6.85. The van der Waals surface area contributed by atoms with Crippen LogP contribution in [0.2, 0.25) is 0 Å². The van der Waals surface area contributed by atoms with Crippen molar-refractivity contribution < 1.29 is 19.5 Å². The summed E-state index contributed by atoms with van der Waals surface area (Å²) in [5.41, 5.74) is 12.6. The maximum absolute atomic E-state index is 12.5. The zero-order valence-electron chi connectivity index (χ0n) is 17.4. The number of carbonyl (C=O) groups is 3. The van der Waals surface area contributed by atoms with Crippen LogP contribution in [0.1, 0.15) is 26.3 Å². The van der Waals surface area contributed by atoms with Crippen LogP contribution in [-0.2, 0) is 4.79 Å². The first-order chi connectivity index (χ1) is 15.8. The number of anilines is 1. The highest BCUT2D eigenvalue weighted by Gasteiger charge is 2.13. The number of carbonyl (C=O) groups excluding carboxylic acids is 2. The molecule has 0 bridgehead atoms. The van der Waals surface area contributed by atoms with Gasteiger partial charge in [0, 0.05) is 16.8 Å². The molecule has 3 aromatic rings. The van der Waals surface area contributed by atoms with Gasteiger partial charge in [-0.15, -0.1) is 0 Å². The fraction of sp³-hybridized carbons (Fsp3) is 0. The van der Waals surface area contributed by atoms with E-state index in [2.05, 4.69) is 15.6 Å². The third-order valence-corrected chi connectivity index (χ3v) is 4.36. The van der Waals surface area contributed by atoms with Gasteiger partial charge in [0.05, 0.1) is 5.69 Å². The Labute approximate surface area is 189 Å². The molecule has 0 radical (unpaired) electrons. The molecule has 9 heteroatoms. The van der Waals surface area contributed by atoms with Crippen molar-refractivity contribution in [2.75, 3.05) is 5.32 Å². The maximum atomic E-state index is 12.5. The molecule has 0 saturated carbocycles. The molecule has 0 spiro atoms. The number of aliphatic imine (C=N–C) groups is 1. The fourth-order valence-corrected chi connectivity index (χ4v) is 2.83. The quantitative estimate of drug-likeness (QED) is 0.214. The number of rotatable bonds is 7. The Morgan fingerprint density at radius 2 is 1.48 bits per heavy atom. The predicted octanol–water partition coefficient (Wildman–Crippen LogP) is 2.70. The first-order valence-electron chi connectivity index (χ1n) is 9.74. The van der Waals surface area contributed by atoms with Crippen molar-refractivity contribution in [3.05, 3.63) is 101 Å².